The number of rotatable bonds is 5. The SMILES string of the molecule is Cc1nc(C(=O)N(C)C(C)c2ccc(S(C)=O)cc2)ccc1C(=O)O. The minimum Gasteiger partial charge on any atom is -0.478 e. The largest absolute Gasteiger partial charge is 0.478 e. The maximum Gasteiger partial charge on any atom is 0.337 e. The number of aryl methyl sites for hydroxylation is 1. The summed E-state index contributed by atoms with van der Waals surface area (Å²) >= 11 is 0. The molecule has 0 aliphatic rings. The minimum atomic E-state index is -1.07. The molecule has 0 saturated heterocycles. The third-order valence-corrected chi connectivity index (χ3v) is 5.07. The maximum atomic E-state index is 12.6. The van der Waals surface area contributed by atoms with Crippen molar-refractivity contribution in [3.8, 4) is 0 Å². The average molecular weight is 360 g/mol. The molecule has 1 aromatic heterocycles. The van der Waals surface area contributed by atoms with Gasteiger partial charge in [0.2, 0.25) is 0 Å². The zero-order chi connectivity index (χ0) is 18.7. The summed E-state index contributed by atoms with van der Waals surface area (Å²) in [6, 6.07) is 9.85. The lowest BCUT2D eigenvalue weighted by atomic mass is 10.1. The van der Waals surface area contributed by atoms with Crippen LogP contribution in [0.15, 0.2) is 41.3 Å². The topological polar surface area (TPSA) is 87.6 Å². The van der Waals surface area contributed by atoms with Gasteiger partial charge in [-0.05, 0) is 43.7 Å². The van der Waals surface area contributed by atoms with Gasteiger partial charge in [-0.2, -0.15) is 0 Å². The normalized spacial score (nSPS) is 13.1. The number of carboxylic acid groups (broad SMARTS) is 1. The number of nitrogens with zero attached hydrogens (tertiary/aromatic N) is 2. The Morgan fingerprint density at radius 3 is 2.24 bits per heavy atom. The Labute approximate surface area is 149 Å². The van der Waals surface area contributed by atoms with Crippen LogP contribution in [0.25, 0.3) is 0 Å². The van der Waals surface area contributed by atoms with E-state index in [4.69, 9.17) is 5.11 Å². The van der Waals surface area contributed by atoms with Gasteiger partial charge in [-0.25, -0.2) is 9.78 Å². The number of amides is 1. The zero-order valence-corrected chi connectivity index (χ0v) is 15.3. The molecule has 0 radical (unpaired) electrons. The van der Waals surface area contributed by atoms with Gasteiger partial charge in [0.15, 0.2) is 0 Å². The van der Waals surface area contributed by atoms with Gasteiger partial charge in [-0.15, -0.1) is 0 Å². The van der Waals surface area contributed by atoms with E-state index in [-0.39, 0.29) is 23.2 Å². The molecule has 2 rings (SSSR count). The van der Waals surface area contributed by atoms with Crippen LogP contribution in [0.3, 0.4) is 0 Å². The number of pyridine rings is 1. The fraction of sp³-hybridized carbons (Fsp3) is 0.278. The number of aromatic nitrogens is 1. The van der Waals surface area contributed by atoms with Gasteiger partial charge in [0.1, 0.15) is 5.69 Å². The van der Waals surface area contributed by atoms with E-state index in [1.807, 2.05) is 19.1 Å². The molecule has 7 heteroatoms. The Balaban J connectivity index is 2.22. The minimum absolute atomic E-state index is 0.0791. The van der Waals surface area contributed by atoms with Crippen LogP contribution in [-0.2, 0) is 10.8 Å². The molecule has 2 aromatic rings. The highest BCUT2D eigenvalue weighted by atomic mass is 32.2. The molecule has 2 atom stereocenters. The molecule has 0 aliphatic carbocycles. The number of benzene rings is 1. The van der Waals surface area contributed by atoms with E-state index >= 15 is 0 Å². The standard InChI is InChI=1S/C18H20N2O4S/c1-11-15(18(22)23)9-10-16(19-11)17(21)20(3)12(2)13-5-7-14(8-6-13)25(4)24/h5-10,12H,1-4H3,(H,22,23). The van der Waals surface area contributed by atoms with Crippen LogP contribution in [0.4, 0.5) is 0 Å². The first-order valence-corrected chi connectivity index (χ1v) is 9.19. The van der Waals surface area contributed by atoms with Crippen molar-refractivity contribution in [1.82, 2.24) is 9.88 Å². The number of aromatic carboxylic acids is 1. The van der Waals surface area contributed by atoms with Gasteiger partial charge in [0.05, 0.1) is 17.3 Å². The van der Waals surface area contributed by atoms with Crippen molar-refractivity contribution in [2.24, 2.45) is 0 Å². The van der Waals surface area contributed by atoms with Gasteiger partial charge in [0, 0.05) is 29.0 Å². The molecule has 0 fully saturated rings. The Morgan fingerprint density at radius 2 is 1.76 bits per heavy atom. The molecule has 1 heterocycles. The summed E-state index contributed by atoms with van der Waals surface area (Å²) in [6.45, 7) is 3.45. The summed E-state index contributed by atoms with van der Waals surface area (Å²) in [5.41, 5.74) is 1.48. The molecule has 25 heavy (non-hydrogen) atoms. The fourth-order valence-corrected chi connectivity index (χ4v) is 2.94. The van der Waals surface area contributed by atoms with E-state index in [9.17, 15) is 13.8 Å². The van der Waals surface area contributed by atoms with Gasteiger partial charge in [-0.1, -0.05) is 12.1 Å². The predicted molar refractivity (Wildman–Crippen MR) is 95.2 cm³/mol. The molecule has 6 nitrogen and oxygen atoms in total. The lowest BCUT2D eigenvalue weighted by Crippen LogP contribution is -2.30. The van der Waals surface area contributed by atoms with Crippen LogP contribution >= 0.6 is 0 Å². The van der Waals surface area contributed by atoms with Crippen LogP contribution < -0.4 is 0 Å². The summed E-state index contributed by atoms with van der Waals surface area (Å²) < 4.78 is 11.5. The number of carboxylic acids is 1. The van der Waals surface area contributed by atoms with E-state index in [1.54, 1.807) is 37.3 Å². The van der Waals surface area contributed by atoms with Gasteiger partial charge in [0.25, 0.3) is 5.91 Å². The first-order chi connectivity index (χ1) is 11.7. The van der Waals surface area contributed by atoms with E-state index < -0.39 is 16.8 Å². The van der Waals surface area contributed by atoms with E-state index in [0.717, 1.165) is 10.5 Å². The fourth-order valence-electron chi connectivity index (χ4n) is 2.42. The van der Waals surface area contributed by atoms with Crippen LogP contribution in [-0.4, -0.2) is 44.4 Å². The monoisotopic (exact) mass is 360 g/mol. The third kappa shape index (κ3) is 4.11. The molecule has 0 saturated carbocycles. The Kier molecular flexibility index (Phi) is 5.69. The zero-order valence-electron chi connectivity index (χ0n) is 14.5. The van der Waals surface area contributed by atoms with Crippen molar-refractivity contribution in [2.75, 3.05) is 13.3 Å². The molecule has 2 unspecified atom stereocenters. The summed E-state index contributed by atoms with van der Waals surface area (Å²) in [5, 5.41) is 9.05. The first-order valence-electron chi connectivity index (χ1n) is 7.64. The van der Waals surface area contributed by atoms with Gasteiger partial charge >= 0.3 is 5.97 Å². The molecule has 1 amide bonds. The second kappa shape index (κ2) is 7.57. The summed E-state index contributed by atoms with van der Waals surface area (Å²) in [4.78, 5) is 30.1. The van der Waals surface area contributed by atoms with Crippen molar-refractivity contribution in [3.63, 3.8) is 0 Å². The summed E-state index contributed by atoms with van der Waals surface area (Å²) in [5.74, 6) is -1.37. The first kappa shape index (κ1) is 18.8. The maximum absolute atomic E-state index is 12.6. The smallest absolute Gasteiger partial charge is 0.337 e. The Morgan fingerprint density at radius 1 is 1.16 bits per heavy atom. The van der Waals surface area contributed by atoms with Crippen molar-refractivity contribution >= 4 is 22.7 Å². The van der Waals surface area contributed by atoms with Crippen molar-refractivity contribution in [1.29, 1.82) is 0 Å². The average Bonchev–Trinajstić information content (AvgIpc) is 2.59. The summed E-state index contributed by atoms with van der Waals surface area (Å²) in [7, 11) is 0.621. The third-order valence-electron chi connectivity index (χ3n) is 4.13. The second-order valence-corrected chi connectivity index (χ2v) is 7.13. The lowest BCUT2D eigenvalue weighted by Gasteiger charge is -2.25. The van der Waals surface area contributed by atoms with Crippen LogP contribution in [0.5, 0.6) is 0 Å². The second-order valence-electron chi connectivity index (χ2n) is 5.75. The molecule has 0 aliphatic heterocycles. The quantitative estimate of drug-likeness (QED) is 0.886. The number of carbonyl (C=O) groups is 2. The summed E-state index contributed by atoms with van der Waals surface area (Å²) in [6.07, 6.45) is 1.61. The highest BCUT2D eigenvalue weighted by Crippen LogP contribution is 2.22. The molecule has 0 bridgehead atoms. The Hall–Kier alpha value is -2.54. The molecule has 1 aromatic carbocycles. The van der Waals surface area contributed by atoms with E-state index in [0.29, 0.717) is 5.69 Å². The van der Waals surface area contributed by atoms with E-state index in [2.05, 4.69) is 4.98 Å². The highest BCUT2D eigenvalue weighted by molar-refractivity contribution is 7.84. The molecule has 132 valence electrons. The highest BCUT2D eigenvalue weighted by Gasteiger charge is 2.21. The van der Waals surface area contributed by atoms with Crippen LogP contribution in [0.2, 0.25) is 0 Å². The predicted octanol–water partition coefficient (Wildman–Crippen LogP) is 2.66. The molecular weight excluding hydrogens is 340 g/mol. The molecule has 1 N–H and O–H groups in total. The van der Waals surface area contributed by atoms with Gasteiger partial charge < -0.3 is 10.0 Å². The van der Waals surface area contributed by atoms with Crippen molar-refractivity contribution in [3.05, 3.63) is 58.9 Å². The van der Waals surface area contributed by atoms with Crippen LogP contribution in [0.1, 0.15) is 45.1 Å². The number of carbonyl (C=O) groups excluding carboxylic acids is 1. The Bertz CT molecular complexity index is 833. The number of hydrogen-bond donors (Lipinski definition) is 1. The van der Waals surface area contributed by atoms with Crippen LogP contribution in [0, 0.1) is 6.92 Å². The number of hydrogen-bond acceptors (Lipinski definition) is 4. The van der Waals surface area contributed by atoms with Crippen molar-refractivity contribution in [2.45, 2.75) is 24.8 Å². The lowest BCUT2D eigenvalue weighted by molar-refractivity contribution is 0.0690. The van der Waals surface area contributed by atoms with Gasteiger partial charge in [-0.3, -0.25) is 9.00 Å². The van der Waals surface area contributed by atoms with E-state index in [1.165, 1.54) is 12.1 Å². The molecule has 0 spiro atoms. The molecular formula is C18H20N2O4S. The van der Waals surface area contributed by atoms with Crippen molar-refractivity contribution < 1.29 is 18.9 Å².